The van der Waals surface area contributed by atoms with Crippen molar-refractivity contribution in [3.8, 4) is 6.07 Å². The highest BCUT2D eigenvalue weighted by Crippen LogP contribution is 2.37. The summed E-state index contributed by atoms with van der Waals surface area (Å²) in [5.74, 6) is -0.506. The fourth-order valence-corrected chi connectivity index (χ4v) is 6.92. The Morgan fingerprint density at radius 2 is 1.77 bits per heavy atom. The molecule has 53 heavy (non-hydrogen) atoms. The van der Waals surface area contributed by atoms with Crippen LogP contribution in [0, 0.1) is 16.7 Å². The van der Waals surface area contributed by atoms with Crippen molar-refractivity contribution in [2.75, 3.05) is 18.4 Å². The number of likely N-dealkylation sites (tertiary alicyclic amines) is 1. The van der Waals surface area contributed by atoms with Crippen molar-refractivity contribution in [1.29, 1.82) is 5.26 Å². The van der Waals surface area contributed by atoms with Gasteiger partial charge in [0.15, 0.2) is 0 Å². The maximum absolute atomic E-state index is 13.6. The average molecular weight is 738 g/mol. The summed E-state index contributed by atoms with van der Waals surface area (Å²) in [4.78, 5) is 48.3. The van der Waals surface area contributed by atoms with E-state index < -0.39 is 23.6 Å². The first-order chi connectivity index (χ1) is 25.0. The van der Waals surface area contributed by atoms with Gasteiger partial charge in [0.25, 0.3) is 11.8 Å². The summed E-state index contributed by atoms with van der Waals surface area (Å²) in [6.45, 7) is 12.2. The van der Waals surface area contributed by atoms with E-state index in [1.807, 2.05) is 86.9 Å². The number of nitrogens with two attached hydrogens (primary N) is 1. The van der Waals surface area contributed by atoms with Gasteiger partial charge >= 0.3 is 6.09 Å². The Morgan fingerprint density at radius 1 is 1.09 bits per heavy atom. The van der Waals surface area contributed by atoms with Crippen LogP contribution in [0.3, 0.4) is 0 Å². The van der Waals surface area contributed by atoms with Crippen molar-refractivity contribution in [2.45, 2.75) is 84.5 Å². The second kappa shape index (κ2) is 15.8. The van der Waals surface area contributed by atoms with E-state index in [0.29, 0.717) is 47.4 Å². The Kier molecular flexibility index (Phi) is 11.7. The number of nitrogens with one attached hydrogen (secondary N) is 1. The lowest BCUT2D eigenvalue weighted by Gasteiger charge is -2.41. The molecule has 0 saturated carbocycles. The predicted molar refractivity (Wildman–Crippen MR) is 208 cm³/mol. The smallest absolute Gasteiger partial charge is 0.408 e. The lowest BCUT2D eigenvalue weighted by atomic mass is 9.84. The Hall–Kier alpha value is -5.18. The number of hydrogen-bond acceptors (Lipinski definition) is 6. The van der Waals surface area contributed by atoms with Crippen LogP contribution >= 0.6 is 11.6 Å². The number of hydrogen-bond donors (Lipinski definition) is 3. The zero-order chi connectivity index (χ0) is 38.7. The van der Waals surface area contributed by atoms with Crippen molar-refractivity contribution in [1.82, 2.24) is 19.4 Å². The fourth-order valence-electron chi connectivity index (χ4n) is 6.79. The molecule has 11 nitrogen and oxygen atoms in total. The fraction of sp³-hybridized carbons (Fsp3) is 0.390. The largest absolute Gasteiger partial charge is 0.465 e. The van der Waals surface area contributed by atoms with Gasteiger partial charge in [-0.25, -0.2) is 9.78 Å². The maximum Gasteiger partial charge on any atom is 0.408 e. The zero-order valence-electron chi connectivity index (χ0n) is 31.1. The molecule has 1 aliphatic heterocycles. The SMILES string of the molecule is C[C@H](N(C(=O)O)C(Cc1ccccc1)c1ccc2c(c1)nc(NC(=O)c1ccc(Cl)cc1)n2C1CCCN(C(=O)/C(C#N)=C/C(C)(C)N)C1)C(C)(C)C. The minimum atomic E-state index is -1.02. The standard InChI is InChI=1S/C41H48ClN7O4/c1-26(40(2,3)4)48(39(52)53)35(21-27-11-8-7-9-12-27)29-16-19-34-33(22-29)45-38(46-36(50)28-14-17-31(42)18-15-28)49(34)32-13-10-20-47(25-32)37(51)30(24-43)23-41(5,6)44/h7-9,11-12,14-19,22-23,26,32,35H,10,13,20-21,25,44H2,1-6H3,(H,52,53)(H,45,46,50)/b30-23+/t26-,32?,35?/m0/s1. The van der Waals surface area contributed by atoms with Crippen LogP contribution in [0.1, 0.15) is 88.0 Å². The van der Waals surface area contributed by atoms with Gasteiger partial charge < -0.3 is 20.3 Å². The van der Waals surface area contributed by atoms with E-state index in [-0.39, 0.29) is 41.5 Å². The van der Waals surface area contributed by atoms with E-state index in [9.17, 15) is 24.8 Å². The maximum atomic E-state index is 13.6. The summed E-state index contributed by atoms with van der Waals surface area (Å²) >= 11 is 6.09. The molecule has 0 radical (unpaired) electrons. The zero-order valence-corrected chi connectivity index (χ0v) is 31.9. The molecule has 3 aromatic carbocycles. The summed E-state index contributed by atoms with van der Waals surface area (Å²) in [6, 6.07) is 22.9. The molecule has 1 aromatic heterocycles. The topological polar surface area (TPSA) is 158 Å². The highest BCUT2D eigenvalue weighted by atomic mass is 35.5. The molecule has 278 valence electrons. The van der Waals surface area contributed by atoms with E-state index in [2.05, 4.69) is 5.32 Å². The summed E-state index contributed by atoms with van der Waals surface area (Å²) in [5, 5.41) is 24.0. The molecule has 1 aliphatic rings. The van der Waals surface area contributed by atoms with Crippen LogP contribution < -0.4 is 11.1 Å². The number of carbonyl (C=O) groups excluding carboxylic acids is 2. The second-order valence-electron chi connectivity index (χ2n) is 15.5. The highest BCUT2D eigenvalue weighted by molar-refractivity contribution is 6.30. The van der Waals surface area contributed by atoms with Crippen LogP contribution in [0.4, 0.5) is 10.7 Å². The monoisotopic (exact) mass is 737 g/mol. The average Bonchev–Trinajstić information content (AvgIpc) is 3.46. The van der Waals surface area contributed by atoms with Gasteiger partial charge in [-0.15, -0.1) is 0 Å². The number of imidazole rings is 1. The Labute approximate surface area is 316 Å². The van der Waals surface area contributed by atoms with E-state index in [0.717, 1.165) is 11.1 Å². The van der Waals surface area contributed by atoms with Crippen molar-refractivity contribution in [3.05, 3.63) is 106 Å². The number of rotatable bonds is 10. The van der Waals surface area contributed by atoms with E-state index in [1.165, 1.54) is 11.0 Å². The first kappa shape index (κ1) is 39.0. The van der Waals surface area contributed by atoms with Crippen molar-refractivity contribution >= 4 is 46.5 Å². The third kappa shape index (κ3) is 9.25. The summed E-state index contributed by atoms with van der Waals surface area (Å²) in [6.07, 6.45) is 2.24. The van der Waals surface area contributed by atoms with E-state index in [4.69, 9.17) is 22.3 Å². The molecule has 0 spiro atoms. The third-order valence-electron chi connectivity index (χ3n) is 9.85. The number of carboxylic acid groups (broad SMARTS) is 1. The number of aromatic nitrogens is 2. The molecule has 3 amide bonds. The molecular weight excluding hydrogens is 690 g/mol. The molecule has 1 saturated heterocycles. The van der Waals surface area contributed by atoms with E-state index >= 15 is 0 Å². The molecule has 3 atom stereocenters. The number of nitriles is 1. The number of halogens is 1. The Balaban J connectivity index is 1.62. The van der Waals surface area contributed by atoms with Gasteiger partial charge in [-0.1, -0.05) is 68.8 Å². The number of benzene rings is 3. The first-order valence-corrected chi connectivity index (χ1v) is 18.2. The molecule has 2 heterocycles. The van der Waals surface area contributed by atoms with Crippen LogP contribution in [0.25, 0.3) is 11.0 Å². The van der Waals surface area contributed by atoms with Gasteiger partial charge in [-0.2, -0.15) is 5.26 Å². The lowest BCUT2D eigenvalue weighted by molar-refractivity contribution is -0.128. The lowest BCUT2D eigenvalue weighted by Crippen LogP contribution is -2.47. The minimum Gasteiger partial charge on any atom is -0.465 e. The molecule has 2 unspecified atom stereocenters. The van der Waals surface area contributed by atoms with Gasteiger partial charge in [0.2, 0.25) is 5.95 Å². The van der Waals surface area contributed by atoms with Gasteiger partial charge in [-0.05, 0) is 99.0 Å². The number of fused-ring (bicyclic) bond motifs is 1. The molecule has 4 N–H and O–H groups in total. The summed E-state index contributed by atoms with van der Waals surface area (Å²) in [5.41, 5.74) is 8.31. The number of nitrogens with zero attached hydrogens (tertiary/aromatic N) is 5. The number of amides is 3. The summed E-state index contributed by atoms with van der Waals surface area (Å²) < 4.78 is 1.94. The number of piperidine rings is 1. The molecule has 1 fully saturated rings. The quantitative estimate of drug-likeness (QED) is 0.110. The molecular formula is C41H48ClN7O4. The molecule has 0 aliphatic carbocycles. The Morgan fingerprint density at radius 3 is 2.38 bits per heavy atom. The first-order valence-electron chi connectivity index (χ1n) is 17.8. The van der Waals surface area contributed by atoms with Gasteiger partial charge in [0.1, 0.15) is 11.6 Å². The van der Waals surface area contributed by atoms with Crippen molar-refractivity contribution in [2.24, 2.45) is 11.1 Å². The van der Waals surface area contributed by atoms with Crippen molar-refractivity contribution < 1.29 is 19.5 Å². The van der Waals surface area contributed by atoms with E-state index in [1.54, 1.807) is 43.0 Å². The van der Waals surface area contributed by atoms with Crippen LogP contribution in [0.15, 0.2) is 84.4 Å². The normalized spacial score (nSPS) is 16.5. The van der Waals surface area contributed by atoms with Crippen LogP contribution in [0.5, 0.6) is 0 Å². The second-order valence-corrected chi connectivity index (χ2v) is 15.9. The van der Waals surface area contributed by atoms with Crippen LogP contribution in [-0.4, -0.2) is 67.0 Å². The molecule has 12 heteroatoms. The minimum absolute atomic E-state index is 0.0218. The molecule has 5 rings (SSSR count). The summed E-state index contributed by atoms with van der Waals surface area (Å²) in [7, 11) is 0. The van der Waals surface area contributed by atoms with Crippen LogP contribution in [-0.2, 0) is 11.2 Å². The number of anilines is 1. The van der Waals surface area contributed by atoms with Gasteiger partial charge in [0.05, 0.1) is 23.1 Å². The third-order valence-corrected chi connectivity index (χ3v) is 10.1. The molecule has 0 bridgehead atoms. The van der Waals surface area contributed by atoms with Gasteiger partial charge in [-0.3, -0.25) is 19.8 Å². The molecule has 4 aromatic rings. The predicted octanol–water partition coefficient (Wildman–Crippen LogP) is 7.99. The highest BCUT2D eigenvalue weighted by Gasteiger charge is 2.36. The van der Waals surface area contributed by atoms with Crippen molar-refractivity contribution in [3.63, 3.8) is 0 Å². The Bertz CT molecular complexity index is 2040. The number of carbonyl (C=O) groups is 3. The van der Waals surface area contributed by atoms with Gasteiger partial charge in [0, 0.05) is 35.3 Å². The van der Waals surface area contributed by atoms with Crippen LogP contribution in [0.2, 0.25) is 5.02 Å².